The number of rotatable bonds is 10. The normalized spacial score (nSPS) is 11.2. The first-order valence-electron chi connectivity index (χ1n) is 10.6. The summed E-state index contributed by atoms with van der Waals surface area (Å²) in [6.07, 6.45) is 2.05. The quantitative estimate of drug-likeness (QED) is 0.415. The van der Waals surface area contributed by atoms with Gasteiger partial charge in [-0.05, 0) is 57.3 Å². The van der Waals surface area contributed by atoms with Gasteiger partial charge in [-0.2, -0.15) is 0 Å². The lowest BCUT2D eigenvalue weighted by Crippen LogP contribution is -2.36. The number of likely N-dealkylation sites (N-methyl/N-ethyl adjacent to an activating group) is 1. The van der Waals surface area contributed by atoms with Crippen LogP contribution >= 0.6 is 11.3 Å². The Labute approximate surface area is 188 Å². The summed E-state index contributed by atoms with van der Waals surface area (Å²) in [5.41, 5.74) is 2.50. The molecular weight excluding hydrogens is 410 g/mol. The van der Waals surface area contributed by atoms with E-state index in [9.17, 15) is 4.79 Å². The highest BCUT2D eigenvalue weighted by molar-refractivity contribution is 7.22. The molecule has 3 rings (SSSR count). The first kappa shape index (κ1) is 23.0. The van der Waals surface area contributed by atoms with Crippen molar-refractivity contribution in [3.63, 3.8) is 0 Å². The van der Waals surface area contributed by atoms with Crippen LogP contribution in [0.1, 0.15) is 35.7 Å². The van der Waals surface area contributed by atoms with Gasteiger partial charge in [0.1, 0.15) is 17.0 Å². The van der Waals surface area contributed by atoms with Crippen molar-refractivity contribution in [1.29, 1.82) is 0 Å². The van der Waals surface area contributed by atoms with Gasteiger partial charge >= 0.3 is 0 Å². The summed E-state index contributed by atoms with van der Waals surface area (Å²) >= 11 is 1.52. The molecule has 0 bridgehead atoms. The van der Waals surface area contributed by atoms with Crippen molar-refractivity contribution in [2.24, 2.45) is 0 Å². The third kappa shape index (κ3) is 5.54. The van der Waals surface area contributed by atoms with Crippen LogP contribution in [0.15, 0.2) is 36.4 Å². The van der Waals surface area contributed by atoms with Crippen LogP contribution in [0.3, 0.4) is 0 Å². The molecule has 0 radical (unpaired) electrons. The zero-order valence-electron chi connectivity index (χ0n) is 19.0. The Kier molecular flexibility index (Phi) is 7.87. The molecule has 0 aliphatic rings. The van der Waals surface area contributed by atoms with E-state index in [1.54, 1.807) is 12.0 Å². The fourth-order valence-corrected chi connectivity index (χ4v) is 4.25. The predicted octanol–water partition coefficient (Wildman–Crippen LogP) is 5.00. The minimum atomic E-state index is -0.0848. The van der Waals surface area contributed by atoms with Crippen LogP contribution in [0, 0.1) is 6.92 Å². The smallest absolute Gasteiger partial charge is 0.260 e. The molecular formula is C24H31N3O3S. The molecule has 0 aliphatic heterocycles. The van der Waals surface area contributed by atoms with Gasteiger partial charge in [-0.15, -0.1) is 0 Å². The van der Waals surface area contributed by atoms with Gasteiger partial charge in [0.2, 0.25) is 0 Å². The molecule has 1 heterocycles. The number of methoxy groups -OCH3 is 1. The number of aryl methyl sites for hydroxylation is 1. The first-order chi connectivity index (χ1) is 14.9. The van der Waals surface area contributed by atoms with E-state index in [0.717, 1.165) is 40.9 Å². The predicted molar refractivity (Wildman–Crippen MR) is 128 cm³/mol. The molecule has 0 saturated heterocycles. The van der Waals surface area contributed by atoms with Gasteiger partial charge in [0.15, 0.2) is 5.13 Å². The van der Waals surface area contributed by atoms with Gasteiger partial charge < -0.3 is 14.4 Å². The van der Waals surface area contributed by atoms with E-state index in [4.69, 9.17) is 14.5 Å². The number of amides is 1. The molecule has 0 fully saturated rings. The highest BCUT2D eigenvalue weighted by atomic mass is 32.1. The standard InChI is InChI=1S/C24H31N3O3S/c1-6-7-15-30-19-10-8-9-18(16-19)23(28)27(14-13-26(3)4)24-25-21-20(29-5)12-11-17(2)22(21)31-24/h8-12,16H,6-7,13-15H2,1-5H3. The number of thiazole rings is 1. The number of hydrogen-bond acceptors (Lipinski definition) is 6. The number of unbranched alkanes of at least 4 members (excludes halogenated alkanes) is 1. The molecule has 0 saturated carbocycles. The van der Waals surface area contributed by atoms with Gasteiger partial charge in [0.05, 0.1) is 18.4 Å². The Morgan fingerprint density at radius 1 is 1.16 bits per heavy atom. The lowest BCUT2D eigenvalue weighted by Gasteiger charge is -2.22. The molecule has 7 heteroatoms. The number of fused-ring (bicyclic) bond motifs is 1. The molecule has 31 heavy (non-hydrogen) atoms. The average molecular weight is 442 g/mol. The zero-order chi connectivity index (χ0) is 22.4. The second-order valence-corrected chi connectivity index (χ2v) is 8.73. The number of carbonyl (C=O) groups excluding carboxylic acids is 1. The van der Waals surface area contributed by atoms with Gasteiger partial charge in [0, 0.05) is 18.7 Å². The maximum Gasteiger partial charge on any atom is 0.260 e. The van der Waals surface area contributed by atoms with Crippen LogP contribution in [-0.4, -0.2) is 56.7 Å². The Balaban J connectivity index is 1.96. The number of ether oxygens (including phenoxy) is 2. The third-order valence-corrected chi connectivity index (χ3v) is 6.22. The van der Waals surface area contributed by atoms with Crippen LogP contribution in [0.4, 0.5) is 5.13 Å². The maximum absolute atomic E-state index is 13.5. The van der Waals surface area contributed by atoms with Crippen LogP contribution in [-0.2, 0) is 0 Å². The van der Waals surface area contributed by atoms with Crippen LogP contribution < -0.4 is 14.4 Å². The van der Waals surface area contributed by atoms with E-state index in [0.29, 0.717) is 29.6 Å². The molecule has 6 nitrogen and oxygen atoms in total. The molecule has 166 valence electrons. The van der Waals surface area contributed by atoms with Gasteiger partial charge in [-0.1, -0.05) is 36.8 Å². The highest BCUT2D eigenvalue weighted by Crippen LogP contribution is 2.36. The number of nitrogens with zero attached hydrogens (tertiary/aromatic N) is 3. The number of anilines is 1. The highest BCUT2D eigenvalue weighted by Gasteiger charge is 2.23. The number of benzene rings is 2. The molecule has 1 aromatic heterocycles. The third-order valence-electron chi connectivity index (χ3n) is 5.01. The van der Waals surface area contributed by atoms with Gasteiger partial charge in [-0.3, -0.25) is 9.69 Å². The van der Waals surface area contributed by atoms with Crippen molar-refractivity contribution >= 4 is 32.6 Å². The maximum atomic E-state index is 13.5. The summed E-state index contributed by atoms with van der Waals surface area (Å²) in [7, 11) is 5.63. The van der Waals surface area contributed by atoms with Crippen molar-refractivity contribution in [1.82, 2.24) is 9.88 Å². The van der Waals surface area contributed by atoms with E-state index < -0.39 is 0 Å². The minimum Gasteiger partial charge on any atom is -0.494 e. The largest absolute Gasteiger partial charge is 0.494 e. The Morgan fingerprint density at radius 3 is 2.68 bits per heavy atom. The molecule has 2 aromatic carbocycles. The fraction of sp³-hybridized carbons (Fsp3) is 0.417. The van der Waals surface area contributed by atoms with Crippen molar-refractivity contribution in [3.05, 3.63) is 47.5 Å². The molecule has 0 aliphatic carbocycles. The van der Waals surface area contributed by atoms with E-state index in [1.165, 1.54) is 11.3 Å². The van der Waals surface area contributed by atoms with Crippen LogP contribution in [0.2, 0.25) is 0 Å². The molecule has 0 unspecified atom stereocenters. The summed E-state index contributed by atoms with van der Waals surface area (Å²) in [5.74, 6) is 1.35. The molecule has 0 atom stereocenters. The SMILES string of the molecule is CCCCOc1cccc(C(=O)N(CCN(C)C)c2nc3c(OC)ccc(C)c3s2)c1. The Hall–Kier alpha value is -2.64. The topological polar surface area (TPSA) is 54.9 Å². The van der Waals surface area contributed by atoms with E-state index >= 15 is 0 Å². The minimum absolute atomic E-state index is 0.0848. The summed E-state index contributed by atoms with van der Waals surface area (Å²) < 4.78 is 12.3. The van der Waals surface area contributed by atoms with E-state index in [-0.39, 0.29) is 5.91 Å². The molecule has 1 amide bonds. The summed E-state index contributed by atoms with van der Waals surface area (Å²) in [6.45, 7) is 6.08. The van der Waals surface area contributed by atoms with Gasteiger partial charge in [0.25, 0.3) is 5.91 Å². The van der Waals surface area contributed by atoms with E-state index in [1.807, 2.05) is 57.4 Å². The van der Waals surface area contributed by atoms with Crippen molar-refractivity contribution < 1.29 is 14.3 Å². The zero-order valence-corrected chi connectivity index (χ0v) is 19.8. The molecule has 3 aromatic rings. The second-order valence-electron chi connectivity index (χ2n) is 7.75. The van der Waals surface area contributed by atoms with Crippen LogP contribution in [0.5, 0.6) is 11.5 Å². The summed E-state index contributed by atoms with van der Waals surface area (Å²) in [6, 6.07) is 11.3. The Bertz CT molecular complexity index is 1030. The average Bonchev–Trinajstić information content (AvgIpc) is 3.20. The number of hydrogen-bond donors (Lipinski definition) is 0. The van der Waals surface area contributed by atoms with Gasteiger partial charge in [-0.25, -0.2) is 4.98 Å². The summed E-state index contributed by atoms with van der Waals surface area (Å²) in [5, 5.41) is 0.673. The number of aromatic nitrogens is 1. The number of carbonyl (C=O) groups is 1. The second kappa shape index (κ2) is 10.6. The Morgan fingerprint density at radius 2 is 1.97 bits per heavy atom. The first-order valence-corrected chi connectivity index (χ1v) is 11.4. The van der Waals surface area contributed by atoms with Crippen LogP contribution in [0.25, 0.3) is 10.2 Å². The fourth-order valence-electron chi connectivity index (χ4n) is 3.17. The lowest BCUT2D eigenvalue weighted by atomic mass is 10.2. The molecule has 0 N–H and O–H groups in total. The lowest BCUT2D eigenvalue weighted by molar-refractivity contribution is 0.0984. The molecule has 0 spiro atoms. The van der Waals surface area contributed by atoms with Crippen molar-refractivity contribution in [2.75, 3.05) is 45.8 Å². The van der Waals surface area contributed by atoms with E-state index in [2.05, 4.69) is 11.8 Å². The monoisotopic (exact) mass is 441 g/mol. The van der Waals surface area contributed by atoms with Crippen molar-refractivity contribution in [2.45, 2.75) is 26.7 Å². The van der Waals surface area contributed by atoms with Crippen molar-refractivity contribution in [3.8, 4) is 11.5 Å². The summed E-state index contributed by atoms with van der Waals surface area (Å²) in [4.78, 5) is 22.2.